The zero-order valence-electron chi connectivity index (χ0n) is 11.9. The van der Waals surface area contributed by atoms with Crippen molar-refractivity contribution in [2.45, 2.75) is 20.3 Å². The highest BCUT2D eigenvalue weighted by atomic mass is 15.0. The van der Waals surface area contributed by atoms with Crippen LogP contribution in [0.2, 0.25) is 0 Å². The lowest BCUT2D eigenvalue weighted by Gasteiger charge is -2.12. The molecule has 1 aromatic carbocycles. The molecular formula is C17H19N3. The largest absolute Gasteiger partial charge is 0.330 e. The molecule has 2 aromatic heterocycles. The van der Waals surface area contributed by atoms with E-state index in [4.69, 9.17) is 5.73 Å². The Balaban J connectivity index is 2.27. The Hall–Kier alpha value is -2.13. The Kier molecular flexibility index (Phi) is 3.28. The van der Waals surface area contributed by atoms with Gasteiger partial charge in [-0.15, -0.1) is 0 Å². The van der Waals surface area contributed by atoms with Crippen LogP contribution < -0.4 is 5.73 Å². The summed E-state index contributed by atoms with van der Waals surface area (Å²) in [6.45, 7) is 4.88. The fourth-order valence-corrected chi connectivity index (χ4v) is 2.73. The number of benzene rings is 1. The molecule has 0 aliphatic heterocycles. The number of aromatic nitrogens is 2. The summed E-state index contributed by atoms with van der Waals surface area (Å²) in [7, 11) is 0. The van der Waals surface area contributed by atoms with Crippen LogP contribution in [-0.2, 0) is 6.42 Å². The van der Waals surface area contributed by atoms with Crippen LogP contribution in [0.1, 0.15) is 17.0 Å². The summed E-state index contributed by atoms with van der Waals surface area (Å²) < 4.78 is 2.21. The molecular weight excluding hydrogens is 246 g/mol. The first-order valence-electron chi connectivity index (χ1n) is 6.94. The predicted octanol–water partition coefficient (Wildman–Crippen LogP) is 3.12. The summed E-state index contributed by atoms with van der Waals surface area (Å²) in [5.74, 6) is 1.03. The maximum atomic E-state index is 5.70. The first-order valence-corrected chi connectivity index (χ1v) is 6.94. The third kappa shape index (κ3) is 2.10. The number of hydrogen-bond donors (Lipinski definition) is 1. The average Bonchev–Trinajstić information content (AvgIpc) is 2.83. The standard InChI is InChI=1S/C17H19N3/c1-12-6-7-15(13(2)10-12)16-5-3-4-14-11-19-17(8-9-18)20(14)16/h3-7,10-11H,8-9,18H2,1-2H3. The van der Waals surface area contributed by atoms with Crippen molar-refractivity contribution in [3.8, 4) is 11.3 Å². The van der Waals surface area contributed by atoms with Crippen LogP contribution in [0, 0.1) is 13.8 Å². The van der Waals surface area contributed by atoms with Gasteiger partial charge in [0, 0.05) is 12.0 Å². The van der Waals surface area contributed by atoms with Crippen molar-refractivity contribution < 1.29 is 0 Å². The van der Waals surface area contributed by atoms with E-state index < -0.39 is 0 Å². The van der Waals surface area contributed by atoms with E-state index in [2.05, 4.69) is 59.6 Å². The summed E-state index contributed by atoms with van der Waals surface area (Å²) in [6, 6.07) is 12.9. The molecule has 20 heavy (non-hydrogen) atoms. The van der Waals surface area contributed by atoms with E-state index in [9.17, 15) is 0 Å². The fourth-order valence-electron chi connectivity index (χ4n) is 2.73. The molecule has 2 N–H and O–H groups in total. The van der Waals surface area contributed by atoms with Crippen LogP contribution in [0.3, 0.4) is 0 Å². The van der Waals surface area contributed by atoms with Crippen molar-refractivity contribution in [2.24, 2.45) is 5.73 Å². The van der Waals surface area contributed by atoms with Crippen molar-refractivity contribution in [3.05, 3.63) is 59.5 Å². The molecule has 0 bridgehead atoms. The zero-order valence-corrected chi connectivity index (χ0v) is 11.9. The minimum Gasteiger partial charge on any atom is -0.330 e. The molecule has 3 nitrogen and oxygen atoms in total. The van der Waals surface area contributed by atoms with Crippen LogP contribution in [0.25, 0.3) is 16.8 Å². The van der Waals surface area contributed by atoms with Gasteiger partial charge in [-0.2, -0.15) is 0 Å². The second-order valence-electron chi connectivity index (χ2n) is 5.20. The summed E-state index contributed by atoms with van der Waals surface area (Å²) in [4.78, 5) is 4.50. The number of hydrogen-bond acceptors (Lipinski definition) is 2. The SMILES string of the molecule is Cc1ccc(-c2cccc3cnc(CCN)n23)c(C)c1. The lowest BCUT2D eigenvalue weighted by atomic mass is 10.0. The van der Waals surface area contributed by atoms with Crippen molar-refractivity contribution >= 4 is 5.52 Å². The van der Waals surface area contributed by atoms with E-state index in [1.807, 2.05) is 6.20 Å². The summed E-state index contributed by atoms with van der Waals surface area (Å²) in [5, 5.41) is 0. The smallest absolute Gasteiger partial charge is 0.114 e. The van der Waals surface area contributed by atoms with Gasteiger partial charge in [0.25, 0.3) is 0 Å². The Morgan fingerprint density at radius 3 is 2.75 bits per heavy atom. The fraction of sp³-hybridized carbons (Fsp3) is 0.235. The van der Waals surface area contributed by atoms with Crippen molar-refractivity contribution in [2.75, 3.05) is 6.54 Å². The van der Waals surface area contributed by atoms with Gasteiger partial charge in [-0.3, -0.25) is 4.40 Å². The molecule has 2 heterocycles. The summed E-state index contributed by atoms with van der Waals surface area (Å²) in [6.07, 6.45) is 2.70. The molecule has 0 aliphatic carbocycles. The van der Waals surface area contributed by atoms with Gasteiger partial charge in [-0.1, -0.05) is 29.8 Å². The van der Waals surface area contributed by atoms with Gasteiger partial charge < -0.3 is 5.73 Å². The van der Waals surface area contributed by atoms with Gasteiger partial charge in [0.1, 0.15) is 5.82 Å². The Morgan fingerprint density at radius 2 is 2.00 bits per heavy atom. The lowest BCUT2D eigenvalue weighted by molar-refractivity contribution is 0.865. The maximum Gasteiger partial charge on any atom is 0.114 e. The number of rotatable bonds is 3. The van der Waals surface area contributed by atoms with Gasteiger partial charge in [0.2, 0.25) is 0 Å². The minimum atomic E-state index is 0.611. The monoisotopic (exact) mass is 265 g/mol. The normalized spacial score (nSPS) is 11.2. The van der Waals surface area contributed by atoms with Crippen molar-refractivity contribution in [1.82, 2.24) is 9.38 Å². The molecule has 0 spiro atoms. The third-order valence-corrected chi connectivity index (χ3v) is 3.65. The second-order valence-corrected chi connectivity index (χ2v) is 5.20. The molecule has 0 radical (unpaired) electrons. The second kappa shape index (κ2) is 5.10. The predicted molar refractivity (Wildman–Crippen MR) is 82.9 cm³/mol. The highest BCUT2D eigenvalue weighted by Gasteiger charge is 2.10. The Morgan fingerprint density at radius 1 is 1.15 bits per heavy atom. The molecule has 0 saturated heterocycles. The molecule has 0 atom stereocenters. The Labute approximate surface area is 119 Å². The maximum absolute atomic E-state index is 5.70. The highest BCUT2D eigenvalue weighted by Crippen LogP contribution is 2.26. The van der Waals surface area contributed by atoms with Crippen LogP contribution in [0.5, 0.6) is 0 Å². The van der Waals surface area contributed by atoms with Gasteiger partial charge in [-0.25, -0.2) is 4.98 Å². The molecule has 3 rings (SSSR count). The third-order valence-electron chi connectivity index (χ3n) is 3.65. The number of fused-ring (bicyclic) bond motifs is 1. The first kappa shape index (κ1) is 12.9. The van der Waals surface area contributed by atoms with E-state index in [0.717, 1.165) is 17.8 Å². The lowest BCUT2D eigenvalue weighted by Crippen LogP contribution is -2.07. The van der Waals surface area contributed by atoms with Gasteiger partial charge in [-0.05, 0) is 38.1 Å². The number of imidazole rings is 1. The molecule has 0 saturated carbocycles. The molecule has 3 aromatic rings. The molecule has 0 fully saturated rings. The first-order chi connectivity index (χ1) is 9.70. The summed E-state index contributed by atoms with van der Waals surface area (Å²) >= 11 is 0. The van der Waals surface area contributed by atoms with Crippen LogP contribution in [0.15, 0.2) is 42.6 Å². The molecule has 0 aliphatic rings. The molecule has 0 amide bonds. The van der Waals surface area contributed by atoms with E-state index in [1.165, 1.54) is 22.4 Å². The van der Waals surface area contributed by atoms with E-state index in [0.29, 0.717) is 6.54 Å². The quantitative estimate of drug-likeness (QED) is 0.790. The highest BCUT2D eigenvalue weighted by molar-refractivity contribution is 5.68. The van der Waals surface area contributed by atoms with Gasteiger partial charge in [0.15, 0.2) is 0 Å². The van der Waals surface area contributed by atoms with E-state index >= 15 is 0 Å². The molecule has 0 unspecified atom stereocenters. The minimum absolute atomic E-state index is 0.611. The van der Waals surface area contributed by atoms with Crippen LogP contribution in [-0.4, -0.2) is 15.9 Å². The van der Waals surface area contributed by atoms with Crippen molar-refractivity contribution in [1.29, 1.82) is 0 Å². The average molecular weight is 265 g/mol. The number of pyridine rings is 1. The molecule has 102 valence electrons. The van der Waals surface area contributed by atoms with E-state index in [-0.39, 0.29) is 0 Å². The van der Waals surface area contributed by atoms with Gasteiger partial charge >= 0.3 is 0 Å². The van der Waals surface area contributed by atoms with Crippen LogP contribution in [0.4, 0.5) is 0 Å². The number of nitrogens with two attached hydrogens (primary N) is 1. The topological polar surface area (TPSA) is 43.3 Å². The van der Waals surface area contributed by atoms with E-state index in [1.54, 1.807) is 0 Å². The number of aryl methyl sites for hydroxylation is 2. The zero-order chi connectivity index (χ0) is 14.1. The number of nitrogens with zero attached hydrogens (tertiary/aromatic N) is 2. The summed E-state index contributed by atoms with van der Waals surface area (Å²) in [5.41, 5.74) is 11.8. The van der Waals surface area contributed by atoms with Crippen molar-refractivity contribution in [3.63, 3.8) is 0 Å². The Bertz CT molecular complexity index is 756. The van der Waals surface area contributed by atoms with Crippen LogP contribution >= 0.6 is 0 Å². The van der Waals surface area contributed by atoms with Gasteiger partial charge in [0.05, 0.1) is 17.4 Å². The molecule has 3 heteroatoms.